The van der Waals surface area contributed by atoms with Crippen LogP contribution in [0.2, 0.25) is 5.02 Å². The second-order valence-electron chi connectivity index (χ2n) is 4.95. The van der Waals surface area contributed by atoms with Crippen LogP contribution in [0.15, 0.2) is 36.4 Å². The van der Waals surface area contributed by atoms with E-state index in [1.807, 2.05) is 19.1 Å². The van der Waals surface area contributed by atoms with Gasteiger partial charge in [0.25, 0.3) is 0 Å². The van der Waals surface area contributed by atoms with Crippen molar-refractivity contribution in [1.29, 1.82) is 0 Å². The van der Waals surface area contributed by atoms with Crippen LogP contribution in [-0.4, -0.2) is 10.5 Å². The molecule has 2 aromatic rings. The number of benzene rings is 2. The van der Waals surface area contributed by atoms with Gasteiger partial charge in [0, 0.05) is 40.1 Å². The third kappa shape index (κ3) is 4.55. The van der Waals surface area contributed by atoms with Crippen molar-refractivity contribution in [2.45, 2.75) is 19.2 Å². The molecule has 0 aliphatic heterocycles. The molecule has 2 aromatic carbocycles. The molecule has 0 saturated heterocycles. The third-order valence-corrected chi connectivity index (χ3v) is 4.28. The largest absolute Gasteiger partial charge is 0.381 e. The number of hydrogen-bond donors (Lipinski definition) is 1. The summed E-state index contributed by atoms with van der Waals surface area (Å²) in [4.78, 5) is 0. The van der Waals surface area contributed by atoms with Gasteiger partial charge in [0.05, 0.1) is 0 Å². The summed E-state index contributed by atoms with van der Waals surface area (Å²) in [5, 5.41) is 3.85. The molecule has 2 rings (SSSR count). The van der Waals surface area contributed by atoms with Crippen LogP contribution < -0.4 is 5.32 Å². The second-order valence-corrected chi connectivity index (χ2v) is 6.79. The van der Waals surface area contributed by atoms with Gasteiger partial charge >= 0.3 is 0 Å². The minimum atomic E-state index is -0.944. The fraction of sp³-hybridized carbons (Fsp3) is 0.250. The molecule has 0 aromatic heterocycles. The Labute approximate surface area is 131 Å². The summed E-state index contributed by atoms with van der Waals surface area (Å²) >= 11 is 6.09. The SMILES string of the molecule is Cc1ccc(F)cc1CNc1ccc(Cl)c(CS(C)=O)c1. The number of halogens is 2. The lowest BCUT2D eigenvalue weighted by Crippen LogP contribution is -2.03. The Hall–Kier alpha value is -1.39. The lowest BCUT2D eigenvalue weighted by Gasteiger charge is -2.11. The average molecular weight is 326 g/mol. The van der Waals surface area contributed by atoms with E-state index in [9.17, 15) is 8.60 Å². The predicted molar refractivity (Wildman–Crippen MR) is 87.7 cm³/mol. The van der Waals surface area contributed by atoms with E-state index in [0.29, 0.717) is 17.3 Å². The van der Waals surface area contributed by atoms with Crippen molar-refractivity contribution in [3.8, 4) is 0 Å². The molecule has 0 amide bonds. The van der Waals surface area contributed by atoms with E-state index in [2.05, 4.69) is 5.32 Å². The molecule has 0 bridgehead atoms. The van der Waals surface area contributed by atoms with E-state index in [-0.39, 0.29) is 5.82 Å². The summed E-state index contributed by atoms with van der Waals surface area (Å²) in [6.07, 6.45) is 1.65. The van der Waals surface area contributed by atoms with Crippen LogP contribution in [0.1, 0.15) is 16.7 Å². The lowest BCUT2D eigenvalue weighted by atomic mass is 10.1. The maximum atomic E-state index is 13.3. The lowest BCUT2D eigenvalue weighted by molar-refractivity contribution is 0.625. The first-order valence-electron chi connectivity index (χ1n) is 6.53. The van der Waals surface area contributed by atoms with Crippen LogP contribution >= 0.6 is 11.6 Å². The molecule has 0 aliphatic carbocycles. The third-order valence-electron chi connectivity index (χ3n) is 3.20. The van der Waals surface area contributed by atoms with E-state index in [4.69, 9.17) is 11.6 Å². The molecule has 0 spiro atoms. The zero-order valence-electron chi connectivity index (χ0n) is 12.0. The number of rotatable bonds is 5. The molecule has 5 heteroatoms. The van der Waals surface area contributed by atoms with Crippen molar-refractivity contribution in [3.63, 3.8) is 0 Å². The number of aryl methyl sites for hydroxylation is 1. The Morgan fingerprint density at radius 2 is 1.95 bits per heavy atom. The quantitative estimate of drug-likeness (QED) is 0.889. The Balaban J connectivity index is 2.13. The Morgan fingerprint density at radius 1 is 1.19 bits per heavy atom. The highest BCUT2D eigenvalue weighted by Crippen LogP contribution is 2.22. The van der Waals surface area contributed by atoms with Gasteiger partial charge in [-0.25, -0.2) is 4.39 Å². The minimum Gasteiger partial charge on any atom is -0.381 e. The molecular weight excluding hydrogens is 309 g/mol. The van der Waals surface area contributed by atoms with E-state index in [0.717, 1.165) is 22.4 Å². The molecule has 0 radical (unpaired) electrons. The van der Waals surface area contributed by atoms with Crippen LogP contribution in [0.25, 0.3) is 0 Å². The van der Waals surface area contributed by atoms with Crippen molar-refractivity contribution in [2.24, 2.45) is 0 Å². The Morgan fingerprint density at radius 3 is 2.67 bits per heavy atom. The van der Waals surface area contributed by atoms with Gasteiger partial charge in [0.2, 0.25) is 0 Å². The molecule has 21 heavy (non-hydrogen) atoms. The van der Waals surface area contributed by atoms with Gasteiger partial charge in [0.1, 0.15) is 5.82 Å². The monoisotopic (exact) mass is 325 g/mol. The summed E-state index contributed by atoms with van der Waals surface area (Å²) in [5.41, 5.74) is 3.67. The van der Waals surface area contributed by atoms with Crippen LogP contribution in [0.3, 0.4) is 0 Å². The van der Waals surface area contributed by atoms with Gasteiger partial charge in [-0.2, -0.15) is 0 Å². The average Bonchev–Trinajstić information content (AvgIpc) is 2.42. The molecular formula is C16H17ClFNOS. The fourth-order valence-electron chi connectivity index (χ4n) is 2.04. The smallest absolute Gasteiger partial charge is 0.123 e. The molecule has 1 unspecified atom stereocenters. The highest BCUT2D eigenvalue weighted by atomic mass is 35.5. The Bertz CT molecular complexity index is 675. The molecule has 0 heterocycles. The molecule has 112 valence electrons. The highest BCUT2D eigenvalue weighted by molar-refractivity contribution is 7.83. The van der Waals surface area contributed by atoms with Gasteiger partial charge < -0.3 is 5.32 Å². The first-order chi connectivity index (χ1) is 9.95. The van der Waals surface area contributed by atoms with Crippen molar-refractivity contribution >= 4 is 28.1 Å². The van der Waals surface area contributed by atoms with E-state index < -0.39 is 10.8 Å². The summed E-state index contributed by atoms with van der Waals surface area (Å²) in [5.74, 6) is 0.184. The number of anilines is 1. The van der Waals surface area contributed by atoms with Gasteiger partial charge in [-0.1, -0.05) is 17.7 Å². The van der Waals surface area contributed by atoms with Crippen LogP contribution in [0.5, 0.6) is 0 Å². The normalized spacial score (nSPS) is 12.2. The van der Waals surface area contributed by atoms with Gasteiger partial charge in [-0.3, -0.25) is 4.21 Å². The van der Waals surface area contributed by atoms with Crippen molar-refractivity contribution in [1.82, 2.24) is 0 Å². The summed E-state index contributed by atoms with van der Waals surface area (Å²) < 4.78 is 24.6. The van der Waals surface area contributed by atoms with Gasteiger partial charge in [-0.15, -0.1) is 0 Å². The van der Waals surface area contributed by atoms with E-state index in [1.165, 1.54) is 12.1 Å². The van der Waals surface area contributed by atoms with Crippen LogP contribution in [0.4, 0.5) is 10.1 Å². The second kappa shape index (κ2) is 7.05. The van der Waals surface area contributed by atoms with Crippen molar-refractivity contribution < 1.29 is 8.60 Å². The number of hydrogen-bond acceptors (Lipinski definition) is 2. The van der Waals surface area contributed by atoms with Crippen LogP contribution in [-0.2, 0) is 23.1 Å². The molecule has 1 atom stereocenters. The fourth-order valence-corrected chi connectivity index (χ4v) is 2.98. The van der Waals surface area contributed by atoms with E-state index >= 15 is 0 Å². The van der Waals surface area contributed by atoms with Crippen molar-refractivity contribution in [3.05, 3.63) is 63.9 Å². The highest BCUT2D eigenvalue weighted by Gasteiger charge is 2.05. The maximum absolute atomic E-state index is 13.3. The molecule has 1 N–H and O–H groups in total. The molecule has 0 aliphatic rings. The molecule has 2 nitrogen and oxygen atoms in total. The van der Waals surface area contributed by atoms with Crippen LogP contribution in [0, 0.1) is 12.7 Å². The molecule has 0 fully saturated rings. The Kier molecular flexibility index (Phi) is 5.37. The zero-order chi connectivity index (χ0) is 15.4. The van der Waals surface area contributed by atoms with Gasteiger partial charge in [-0.05, 0) is 53.9 Å². The topological polar surface area (TPSA) is 29.1 Å². The predicted octanol–water partition coefficient (Wildman–Crippen LogP) is 4.28. The zero-order valence-corrected chi connectivity index (χ0v) is 13.5. The maximum Gasteiger partial charge on any atom is 0.123 e. The van der Waals surface area contributed by atoms with E-state index in [1.54, 1.807) is 18.4 Å². The first-order valence-corrected chi connectivity index (χ1v) is 8.63. The van der Waals surface area contributed by atoms with Crippen molar-refractivity contribution in [2.75, 3.05) is 11.6 Å². The number of nitrogens with one attached hydrogen (secondary N) is 1. The summed E-state index contributed by atoms with van der Waals surface area (Å²) in [6.45, 7) is 2.48. The first kappa shape index (κ1) is 16.0. The summed E-state index contributed by atoms with van der Waals surface area (Å²) in [6, 6.07) is 10.3. The van der Waals surface area contributed by atoms with Gasteiger partial charge in [0.15, 0.2) is 0 Å². The molecule has 0 saturated carbocycles. The summed E-state index contributed by atoms with van der Waals surface area (Å²) in [7, 11) is -0.944. The minimum absolute atomic E-state index is 0.240. The standard InChI is InChI=1S/C16H17ClFNOS/c1-11-3-4-14(18)7-12(11)9-19-15-5-6-16(17)13(8-15)10-21(2)20/h3-8,19H,9-10H2,1-2H3.